The molecule has 1 amide bonds. The summed E-state index contributed by atoms with van der Waals surface area (Å²) in [5.41, 5.74) is 2.31. The first-order chi connectivity index (χ1) is 12.1. The van der Waals surface area contributed by atoms with E-state index in [1.54, 1.807) is 22.2 Å². The number of carbonyl (C=O) groups is 1. The summed E-state index contributed by atoms with van der Waals surface area (Å²) in [7, 11) is 0. The average Bonchev–Trinajstić information content (AvgIpc) is 3.20. The zero-order chi connectivity index (χ0) is 17.4. The highest BCUT2D eigenvalue weighted by Crippen LogP contribution is 2.27. The number of hydrogen-bond acceptors (Lipinski definition) is 4. The quantitative estimate of drug-likeness (QED) is 0.526. The van der Waals surface area contributed by atoms with Crippen LogP contribution < -0.4 is 0 Å². The first kappa shape index (κ1) is 15.5. The summed E-state index contributed by atoms with van der Waals surface area (Å²) >= 11 is 1.59. The SMILES string of the molecule is C=C(F)C(=O)N1CC(n2nc(C#Cc3ccsc3)c3cccnc32)C1. The van der Waals surface area contributed by atoms with Crippen LogP contribution in [0.2, 0.25) is 0 Å². The highest BCUT2D eigenvalue weighted by molar-refractivity contribution is 7.08. The van der Waals surface area contributed by atoms with Gasteiger partial charge in [0.2, 0.25) is 0 Å². The van der Waals surface area contributed by atoms with Crippen molar-refractivity contribution in [3.63, 3.8) is 0 Å². The predicted octanol–water partition coefficient (Wildman–Crippen LogP) is 2.76. The molecular formula is C18H13FN4OS. The number of amides is 1. The van der Waals surface area contributed by atoms with Gasteiger partial charge in [0, 0.05) is 30.2 Å². The molecule has 0 saturated carbocycles. The van der Waals surface area contributed by atoms with E-state index in [0.29, 0.717) is 24.4 Å². The largest absolute Gasteiger partial charge is 0.332 e. The Morgan fingerprint density at radius 2 is 2.20 bits per heavy atom. The Labute approximate surface area is 147 Å². The number of likely N-dealkylation sites (tertiary alicyclic amines) is 1. The number of nitrogens with zero attached hydrogens (tertiary/aromatic N) is 4. The molecule has 1 fully saturated rings. The van der Waals surface area contributed by atoms with Gasteiger partial charge in [0.15, 0.2) is 11.5 Å². The molecule has 7 heteroatoms. The molecule has 1 aliphatic heterocycles. The lowest BCUT2D eigenvalue weighted by Crippen LogP contribution is -2.51. The summed E-state index contributed by atoms with van der Waals surface area (Å²) in [5, 5.41) is 9.39. The molecule has 0 aliphatic carbocycles. The zero-order valence-electron chi connectivity index (χ0n) is 13.1. The lowest BCUT2D eigenvalue weighted by Gasteiger charge is -2.38. The molecule has 4 heterocycles. The molecule has 0 unspecified atom stereocenters. The van der Waals surface area contributed by atoms with E-state index in [9.17, 15) is 9.18 Å². The minimum absolute atomic E-state index is 0.0441. The standard InChI is InChI=1S/C18H13FN4OS/c1-12(19)18(24)22-9-14(10-22)23-17-15(3-2-7-20-17)16(21-23)5-4-13-6-8-25-11-13/h2-3,6-8,11,14H,1,9-10H2. The molecule has 1 aliphatic rings. The lowest BCUT2D eigenvalue weighted by molar-refractivity contribution is -0.134. The van der Waals surface area contributed by atoms with Crippen LogP contribution in [0.15, 0.2) is 47.6 Å². The van der Waals surface area contributed by atoms with Crippen molar-refractivity contribution in [2.75, 3.05) is 13.1 Å². The summed E-state index contributed by atoms with van der Waals surface area (Å²) in [6.45, 7) is 3.81. The van der Waals surface area contributed by atoms with Crippen molar-refractivity contribution in [2.45, 2.75) is 6.04 Å². The van der Waals surface area contributed by atoms with E-state index in [0.717, 1.165) is 10.9 Å². The minimum atomic E-state index is -0.941. The number of rotatable bonds is 2. The Morgan fingerprint density at radius 1 is 1.36 bits per heavy atom. The topological polar surface area (TPSA) is 51.0 Å². The normalized spacial score (nSPS) is 14.0. The van der Waals surface area contributed by atoms with Crippen LogP contribution in [0.1, 0.15) is 17.3 Å². The molecule has 124 valence electrons. The van der Waals surface area contributed by atoms with Crippen LogP contribution in [0.25, 0.3) is 11.0 Å². The van der Waals surface area contributed by atoms with Crippen molar-refractivity contribution < 1.29 is 9.18 Å². The van der Waals surface area contributed by atoms with Crippen molar-refractivity contribution in [1.29, 1.82) is 0 Å². The van der Waals surface area contributed by atoms with Crippen molar-refractivity contribution in [3.05, 3.63) is 58.8 Å². The fraction of sp³-hybridized carbons (Fsp3) is 0.167. The van der Waals surface area contributed by atoms with Crippen LogP contribution in [0.4, 0.5) is 4.39 Å². The summed E-state index contributed by atoms with van der Waals surface area (Å²) in [4.78, 5) is 17.4. The number of fused-ring (bicyclic) bond motifs is 1. The van der Waals surface area contributed by atoms with Gasteiger partial charge in [-0.1, -0.05) is 12.5 Å². The Bertz CT molecular complexity index is 1020. The van der Waals surface area contributed by atoms with Gasteiger partial charge in [0.05, 0.1) is 11.4 Å². The second-order valence-electron chi connectivity index (χ2n) is 5.70. The first-order valence-electron chi connectivity index (χ1n) is 7.64. The second kappa shape index (κ2) is 6.15. The molecule has 0 radical (unpaired) electrons. The number of pyridine rings is 1. The number of aromatic nitrogens is 3. The molecule has 5 nitrogen and oxygen atoms in total. The molecule has 3 aromatic rings. The van der Waals surface area contributed by atoms with Gasteiger partial charge >= 0.3 is 0 Å². The van der Waals surface area contributed by atoms with Crippen molar-refractivity contribution in [3.8, 4) is 11.8 Å². The van der Waals surface area contributed by atoms with Crippen molar-refractivity contribution in [2.24, 2.45) is 0 Å². The van der Waals surface area contributed by atoms with E-state index < -0.39 is 11.7 Å². The summed E-state index contributed by atoms with van der Waals surface area (Å²) in [6, 6.07) is 5.67. The van der Waals surface area contributed by atoms with E-state index in [4.69, 9.17) is 0 Å². The fourth-order valence-electron chi connectivity index (χ4n) is 2.73. The molecule has 25 heavy (non-hydrogen) atoms. The molecule has 0 N–H and O–H groups in total. The molecule has 0 spiro atoms. The highest BCUT2D eigenvalue weighted by atomic mass is 32.1. The third kappa shape index (κ3) is 2.81. The highest BCUT2D eigenvalue weighted by Gasteiger charge is 2.35. The smallest absolute Gasteiger partial charge is 0.282 e. The van der Waals surface area contributed by atoms with Gasteiger partial charge in [0.1, 0.15) is 5.69 Å². The van der Waals surface area contributed by atoms with E-state index in [1.165, 1.54) is 4.90 Å². The number of carbonyl (C=O) groups excluding carboxylic acids is 1. The number of thiophene rings is 1. The third-order valence-electron chi connectivity index (χ3n) is 4.04. The molecule has 4 rings (SSSR count). The van der Waals surface area contributed by atoms with Gasteiger partial charge in [-0.15, -0.1) is 0 Å². The third-order valence-corrected chi connectivity index (χ3v) is 4.72. The van der Waals surface area contributed by atoms with Gasteiger partial charge in [-0.3, -0.25) is 4.79 Å². The monoisotopic (exact) mass is 352 g/mol. The minimum Gasteiger partial charge on any atom is -0.332 e. The molecule has 0 atom stereocenters. The van der Waals surface area contributed by atoms with Gasteiger partial charge < -0.3 is 4.90 Å². The van der Waals surface area contributed by atoms with Crippen LogP contribution in [0, 0.1) is 11.8 Å². The van der Waals surface area contributed by atoms with Crippen LogP contribution in [-0.2, 0) is 4.79 Å². The van der Waals surface area contributed by atoms with Crippen LogP contribution >= 0.6 is 11.3 Å². The summed E-state index contributed by atoms with van der Waals surface area (Å²) in [5.74, 6) is 4.58. The van der Waals surface area contributed by atoms with Crippen LogP contribution in [0.3, 0.4) is 0 Å². The maximum Gasteiger partial charge on any atom is 0.282 e. The zero-order valence-corrected chi connectivity index (χ0v) is 14.0. The number of hydrogen-bond donors (Lipinski definition) is 0. The van der Waals surface area contributed by atoms with E-state index in [-0.39, 0.29) is 6.04 Å². The van der Waals surface area contributed by atoms with Crippen molar-refractivity contribution in [1.82, 2.24) is 19.7 Å². The Hall–Kier alpha value is -2.98. The van der Waals surface area contributed by atoms with Crippen LogP contribution in [-0.4, -0.2) is 38.7 Å². The second-order valence-corrected chi connectivity index (χ2v) is 6.48. The fourth-order valence-corrected chi connectivity index (χ4v) is 3.32. The van der Waals surface area contributed by atoms with E-state index in [1.807, 2.05) is 29.0 Å². The Kier molecular flexibility index (Phi) is 3.82. The predicted molar refractivity (Wildman–Crippen MR) is 93.7 cm³/mol. The molecule has 0 bridgehead atoms. The van der Waals surface area contributed by atoms with Gasteiger partial charge in [-0.25, -0.2) is 14.1 Å². The van der Waals surface area contributed by atoms with E-state index >= 15 is 0 Å². The summed E-state index contributed by atoms with van der Waals surface area (Å²) < 4.78 is 14.7. The Balaban J connectivity index is 1.65. The maximum atomic E-state index is 13.0. The molecule has 1 saturated heterocycles. The first-order valence-corrected chi connectivity index (χ1v) is 8.59. The maximum absolute atomic E-state index is 13.0. The Morgan fingerprint density at radius 3 is 2.92 bits per heavy atom. The summed E-state index contributed by atoms with van der Waals surface area (Å²) in [6.07, 6.45) is 1.70. The molecule has 0 aromatic carbocycles. The molecule has 3 aromatic heterocycles. The van der Waals surface area contributed by atoms with E-state index in [2.05, 4.69) is 28.5 Å². The van der Waals surface area contributed by atoms with Gasteiger partial charge in [-0.2, -0.15) is 16.4 Å². The number of halogens is 1. The van der Waals surface area contributed by atoms with Gasteiger partial charge in [0.25, 0.3) is 5.91 Å². The van der Waals surface area contributed by atoms with Gasteiger partial charge in [-0.05, 0) is 29.5 Å². The lowest BCUT2D eigenvalue weighted by atomic mass is 10.1. The van der Waals surface area contributed by atoms with Crippen LogP contribution in [0.5, 0.6) is 0 Å². The molecular weight excluding hydrogens is 339 g/mol. The van der Waals surface area contributed by atoms with Crippen molar-refractivity contribution >= 4 is 28.3 Å². The average molecular weight is 352 g/mol.